The number of nitrogens with zero attached hydrogens (tertiary/aromatic N) is 5. The fourth-order valence-electron chi connectivity index (χ4n) is 3.25. The molecule has 29 heavy (non-hydrogen) atoms. The molecule has 3 rings (SSSR count). The molecule has 3 heterocycles. The Morgan fingerprint density at radius 3 is 2.59 bits per heavy atom. The standard InChI is InChI=1S/C17H21F3N6O3/c1-4-5-8-25-12-13(22-11(2)23(3)14(12)27)26(29-15(28)17(18,19)20)16(25)24-9-6-21-7-10-24/h16,21H,6-10H2,1-3H3. The Morgan fingerprint density at radius 2 is 2.00 bits per heavy atom. The van der Waals surface area contributed by atoms with Crippen molar-refractivity contribution < 1.29 is 22.8 Å². The molecule has 0 aromatic carbocycles. The fraction of sp³-hybridized carbons (Fsp3) is 0.588. The molecule has 1 aromatic rings. The quantitative estimate of drug-likeness (QED) is 0.690. The highest BCUT2D eigenvalue weighted by molar-refractivity contribution is 5.79. The average Bonchev–Trinajstić information content (AvgIpc) is 2.97. The van der Waals surface area contributed by atoms with Crippen molar-refractivity contribution >= 4 is 17.5 Å². The van der Waals surface area contributed by atoms with Gasteiger partial charge < -0.3 is 15.1 Å². The summed E-state index contributed by atoms with van der Waals surface area (Å²) in [7, 11) is 1.51. The van der Waals surface area contributed by atoms with Crippen molar-refractivity contribution in [2.45, 2.75) is 26.3 Å². The van der Waals surface area contributed by atoms with E-state index in [2.05, 4.69) is 22.1 Å². The van der Waals surface area contributed by atoms with Crippen LogP contribution in [0.15, 0.2) is 4.79 Å². The summed E-state index contributed by atoms with van der Waals surface area (Å²) in [5.41, 5.74) is -0.421. The molecule has 9 nitrogen and oxygen atoms in total. The molecule has 2 aliphatic rings. The second-order valence-corrected chi connectivity index (χ2v) is 6.58. The third-order valence-corrected chi connectivity index (χ3v) is 4.77. The van der Waals surface area contributed by atoms with E-state index < -0.39 is 24.0 Å². The summed E-state index contributed by atoms with van der Waals surface area (Å²) in [6.45, 7) is 5.32. The van der Waals surface area contributed by atoms with E-state index >= 15 is 0 Å². The first-order valence-electron chi connectivity index (χ1n) is 8.93. The number of aryl methyl sites for hydroxylation is 1. The molecule has 1 N–H and O–H groups in total. The number of anilines is 2. The van der Waals surface area contributed by atoms with Crippen molar-refractivity contribution in [2.75, 3.05) is 42.7 Å². The van der Waals surface area contributed by atoms with Crippen LogP contribution in [-0.2, 0) is 16.7 Å². The molecule has 158 valence electrons. The Hall–Kier alpha value is -2.78. The lowest BCUT2D eigenvalue weighted by Gasteiger charge is -2.40. The van der Waals surface area contributed by atoms with E-state index in [-0.39, 0.29) is 23.9 Å². The van der Waals surface area contributed by atoms with Crippen LogP contribution in [0.3, 0.4) is 0 Å². The van der Waals surface area contributed by atoms with E-state index in [0.717, 1.165) is 5.06 Å². The van der Waals surface area contributed by atoms with Crippen LogP contribution in [0.4, 0.5) is 24.7 Å². The second kappa shape index (κ2) is 7.92. The molecule has 0 radical (unpaired) electrons. The Kier molecular flexibility index (Phi) is 5.72. The number of carbonyl (C=O) groups excluding carboxylic acids is 1. The molecule has 12 heteroatoms. The zero-order valence-electron chi connectivity index (χ0n) is 16.2. The molecule has 1 fully saturated rings. The number of hydrogen-bond donors (Lipinski definition) is 1. The summed E-state index contributed by atoms with van der Waals surface area (Å²) < 4.78 is 40.1. The van der Waals surface area contributed by atoms with Crippen LogP contribution in [0.2, 0.25) is 0 Å². The van der Waals surface area contributed by atoms with Gasteiger partial charge in [0.1, 0.15) is 5.82 Å². The lowest BCUT2D eigenvalue weighted by molar-refractivity contribution is -0.203. The van der Waals surface area contributed by atoms with Crippen molar-refractivity contribution in [3.8, 4) is 11.8 Å². The van der Waals surface area contributed by atoms with Gasteiger partial charge in [0.25, 0.3) is 5.56 Å². The van der Waals surface area contributed by atoms with E-state index in [4.69, 9.17) is 4.84 Å². The van der Waals surface area contributed by atoms with Gasteiger partial charge in [-0.2, -0.15) is 13.2 Å². The van der Waals surface area contributed by atoms with Gasteiger partial charge in [0, 0.05) is 33.2 Å². The van der Waals surface area contributed by atoms with E-state index in [1.165, 1.54) is 16.5 Å². The number of fused-ring (bicyclic) bond motifs is 1. The predicted octanol–water partition coefficient (Wildman–Crippen LogP) is -0.0523. The first-order chi connectivity index (χ1) is 13.7. The lowest BCUT2D eigenvalue weighted by Crippen LogP contribution is -2.61. The van der Waals surface area contributed by atoms with Crippen LogP contribution in [-0.4, -0.2) is 65.6 Å². The summed E-state index contributed by atoms with van der Waals surface area (Å²) >= 11 is 0. The van der Waals surface area contributed by atoms with Crippen LogP contribution in [0.1, 0.15) is 12.7 Å². The van der Waals surface area contributed by atoms with Crippen LogP contribution < -0.4 is 20.8 Å². The molecule has 1 unspecified atom stereocenters. The molecular formula is C17H21F3N6O3. The number of piperazine rings is 1. The second-order valence-electron chi connectivity index (χ2n) is 6.58. The van der Waals surface area contributed by atoms with Gasteiger partial charge in [-0.3, -0.25) is 14.3 Å². The number of alkyl halides is 3. The largest absolute Gasteiger partial charge is 0.493 e. The minimum Gasteiger partial charge on any atom is -0.327 e. The molecule has 0 aliphatic carbocycles. The van der Waals surface area contributed by atoms with E-state index in [1.54, 1.807) is 13.8 Å². The monoisotopic (exact) mass is 414 g/mol. The molecular weight excluding hydrogens is 393 g/mol. The normalized spacial score (nSPS) is 19.6. The lowest BCUT2D eigenvalue weighted by atomic mass is 10.3. The zero-order chi connectivity index (χ0) is 21.3. The Bertz CT molecular complexity index is 914. The van der Waals surface area contributed by atoms with Gasteiger partial charge in [0.15, 0.2) is 17.8 Å². The van der Waals surface area contributed by atoms with Gasteiger partial charge in [0.05, 0.1) is 6.54 Å². The van der Waals surface area contributed by atoms with Gasteiger partial charge in [0.2, 0.25) is 0 Å². The van der Waals surface area contributed by atoms with Crippen molar-refractivity contribution in [1.29, 1.82) is 0 Å². The number of hydroxylamine groups is 1. The zero-order valence-corrected chi connectivity index (χ0v) is 16.2. The maximum absolute atomic E-state index is 12.9. The average molecular weight is 414 g/mol. The summed E-state index contributed by atoms with van der Waals surface area (Å²) in [4.78, 5) is 36.9. The molecule has 0 saturated carbocycles. The molecule has 0 bridgehead atoms. The van der Waals surface area contributed by atoms with Crippen molar-refractivity contribution in [2.24, 2.45) is 7.05 Å². The van der Waals surface area contributed by atoms with Gasteiger partial charge in [-0.25, -0.2) is 9.78 Å². The summed E-state index contributed by atoms with van der Waals surface area (Å²) in [5.74, 6) is 3.30. The van der Waals surface area contributed by atoms with Crippen molar-refractivity contribution in [1.82, 2.24) is 19.8 Å². The molecule has 0 spiro atoms. The maximum atomic E-state index is 12.9. The predicted molar refractivity (Wildman–Crippen MR) is 97.9 cm³/mol. The highest BCUT2D eigenvalue weighted by atomic mass is 19.4. The van der Waals surface area contributed by atoms with Crippen LogP contribution in [0.25, 0.3) is 0 Å². The summed E-state index contributed by atoms with van der Waals surface area (Å²) in [6.07, 6.45) is -6.17. The van der Waals surface area contributed by atoms with Gasteiger partial charge in [-0.1, -0.05) is 5.92 Å². The number of aromatic nitrogens is 2. The summed E-state index contributed by atoms with van der Waals surface area (Å²) in [6, 6.07) is 0. The highest BCUT2D eigenvalue weighted by Crippen LogP contribution is 2.38. The van der Waals surface area contributed by atoms with Gasteiger partial charge in [-0.05, 0) is 13.8 Å². The van der Waals surface area contributed by atoms with Crippen LogP contribution in [0.5, 0.6) is 0 Å². The Morgan fingerprint density at radius 1 is 1.34 bits per heavy atom. The Balaban J connectivity index is 2.14. The number of hydrogen-bond acceptors (Lipinski definition) is 8. The smallest absolute Gasteiger partial charge is 0.327 e. The van der Waals surface area contributed by atoms with Gasteiger partial charge in [-0.15, -0.1) is 11.0 Å². The molecule has 1 aromatic heterocycles. The number of halogens is 3. The fourth-order valence-corrected chi connectivity index (χ4v) is 3.25. The Labute approximate surface area is 165 Å². The number of carbonyl (C=O) groups is 1. The SMILES string of the molecule is CC#CCN1c2c(nc(C)n(C)c2=O)N(OC(=O)C(F)(F)F)C1N1CCNCC1. The first kappa shape index (κ1) is 20.9. The molecule has 1 atom stereocenters. The van der Waals surface area contributed by atoms with E-state index in [0.29, 0.717) is 26.2 Å². The van der Waals surface area contributed by atoms with Crippen LogP contribution >= 0.6 is 0 Å². The molecule has 0 amide bonds. The van der Waals surface area contributed by atoms with E-state index in [1.807, 2.05) is 4.90 Å². The minimum absolute atomic E-state index is 0.0411. The number of rotatable bonds is 3. The number of nitrogens with one attached hydrogen (secondary N) is 1. The van der Waals surface area contributed by atoms with Crippen molar-refractivity contribution in [3.63, 3.8) is 0 Å². The molecule has 2 aliphatic heterocycles. The molecule has 1 saturated heterocycles. The third-order valence-electron chi connectivity index (χ3n) is 4.77. The summed E-state index contributed by atoms with van der Waals surface area (Å²) in [5, 5.41) is 3.93. The highest BCUT2D eigenvalue weighted by Gasteiger charge is 2.50. The first-order valence-corrected chi connectivity index (χ1v) is 8.93. The maximum Gasteiger partial charge on any atom is 0.493 e. The minimum atomic E-state index is -5.19. The van der Waals surface area contributed by atoms with Gasteiger partial charge >= 0.3 is 12.1 Å². The van der Waals surface area contributed by atoms with Crippen molar-refractivity contribution in [3.05, 3.63) is 16.2 Å². The van der Waals surface area contributed by atoms with E-state index in [9.17, 15) is 22.8 Å². The van der Waals surface area contributed by atoms with Crippen LogP contribution in [0, 0.1) is 18.8 Å². The third kappa shape index (κ3) is 3.88. The topological polar surface area (TPSA) is 82.9 Å².